The number of hydrogen-bond acceptors (Lipinski definition) is 5. The minimum atomic E-state index is -0.477. The van der Waals surface area contributed by atoms with E-state index < -0.39 is 11.9 Å². The van der Waals surface area contributed by atoms with Crippen LogP contribution < -0.4 is 10.5 Å². The smallest absolute Gasteiger partial charge is 0.311 e. The molecule has 7 heteroatoms. The molecular weight excluding hydrogens is 274 g/mol. The summed E-state index contributed by atoms with van der Waals surface area (Å²) in [6.07, 6.45) is 0.109. The third kappa shape index (κ3) is 2.37. The number of nitrogens with zero attached hydrogens (tertiary/aromatic N) is 2. The molecule has 2 aromatic heterocycles. The molecule has 21 heavy (non-hydrogen) atoms. The largest absolute Gasteiger partial charge is 0.469 e. The first kappa shape index (κ1) is 13.3. The summed E-state index contributed by atoms with van der Waals surface area (Å²) in [5, 5.41) is 0.773. The van der Waals surface area contributed by atoms with Gasteiger partial charge in [-0.1, -0.05) is 0 Å². The SMILES string of the molecule is COC(=O)C1CC(=O)N(c2ccc3ccc(=O)[nH]c3n2)C1. The zero-order valence-electron chi connectivity index (χ0n) is 11.3. The van der Waals surface area contributed by atoms with Gasteiger partial charge in [-0.25, -0.2) is 4.98 Å². The maximum Gasteiger partial charge on any atom is 0.311 e. The lowest BCUT2D eigenvalue weighted by Crippen LogP contribution is -2.27. The molecule has 1 amide bonds. The predicted molar refractivity (Wildman–Crippen MR) is 74.8 cm³/mol. The first-order valence-electron chi connectivity index (χ1n) is 6.47. The molecule has 108 valence electrons. The number of anilines is 1. The molecule has 1 unspecified atom stereocenters. The quantitative estimate of drug-likeness (QED) is 0.809. The Kier molecular flexibility index (Phi) is 3.17. The van der Waals surface area contributed by atoms with Crippen molar-refractivity contribution < 1.29 is 14.3 Å². The van der Waals surface area contributed by atoms with Gasteiger partial charge in [-0.3, -0.25) is 19.3 Å². The van der Waals surface area contributed by atoms with Crippen LogP contribution in [0.5, 0.6) is 0 Å². The van der Waals surface area contributed by atoms with Crippen LogP contribution in [-0.2, 0) is 14.3 Å². The van der Waals surface area contributed by atoms with Crippen molar-refractivity contribution in [2.45, 2.75) is 6.42 Å². The lowest BCUT2D eigenvalue weighted by Gasteiger charge is -2.15. The number of methoxy groups -OCH3 is 1. The average Bonchev–Trinajstić information content (AvgIpc) is 2.87. The molecule has 1 N–H and O–H groups in total. The van der Waals surface area contributed by atoms with Crippen molar-refractivity contribution in [3.05, 3.63) is 34.6 Å². The third-order valence-corrected chi connectivity index (χ3v) is 3.50. The lowest BCUT2D eigenvalue weighted by atomic mass is 10.1. The van der Waals surface area contributed by atoms with Crippen molar-refractivity contribution in [1.82, 2.24) is 9.97 Å². The predicted octanol–water partition coefficient (Wildman–Crippen LogP) is 0.449. The van der Waals surface area contributed by atoms with Crippen molar-refractivity contribution in [3.63, 3.8) is 0 Å². The highest BCUT2D eigenvalue weighted by Gasteiger charge is 2.36. The number of aromatic amines is 1. The second-order valence-corrected chi connectivity index (χ2v) is 4.86. The zero-order valence-corrected chi connectivity index (χ0v) is 11.3. The molecule has 1 aliphatic heterocycles. The van der Waals surface area contributed by atoms with Crippen molar-refractivity contribution in [3.8, 4) is 0 Å². The van der Waals surface area contributed by atoms with E-state index in [0.29, 0.717) is 11.5 Å². The Hall–Kier alpha value is -2.70. The molecule has 0 radical (unpaired) electrons. The van der Waals surface area contributed by atoms with Gasteiger partial charge in [0.1, 0.15) is 11.5 Å². The van der Waals surface area contributed by atoms with Crippen LogP contribution in [0, 0.1) is 5.92 Å². The van der Waals surface area contributed by atoms with E-state index in [1.807, 2.05) is 0 Å². The number of fused-ring (bicyclic) bond motifs is 1. The Morgan fingerprint density at radius 1 is 1.33 bits per heavy atom. The number of carbonyl (C=O) groups excluding carboxylic acids is 2. The molecule has 0 spiro atoms. The molecule has 0 aliphatic carbocycles. The number of hydrogen-bond donors (Lipinski definition) is 1. The average molecular weight is 287 g/mol. The summed E-state index contributed by atoms with van der Waals surface area (Å²) in [6.45, 7) is 0.237. The van der Waals surface area contributed by atoms with E-state index in [-0.39, 0.29) is 24.4 Å². The van der Waals surface area contributed by atoms with E-state index in [2.05, 4.69) is 14.7 Å². The summed E-state index contributed by atoms with van der Waals surface area (Å²) >= 11 is 0. The van der Waals surface area contributed by atoms with Gasteiger partial charge in [0, 0.05) is 24.4 Å². The molecule has 0 aromatic carbocycles. The topological polar surface area (TPSA) is 92.4 Å². The first-order valence-corrected chi connectivity index (χ1v) is 6.47. The molecule has 1 fully saturated rings. The van der Waals surface area contributed by atoms with Crippen molar-refractivity contribution in [2.75, 3.05) is 18.6 Å². The van der Waals surface area contributed by atoms with Gasteiger partial charge in [-0.2, -0.15) is 0 Å². The fourth-order valence-electron chi connectivity index (χ4n) is 2.42. The number of esters is 1. The van der Waals surface area contributed by atoms with Crippen LogP contribution in [0.2, 0.25) is 0 Å². The number of rotatable bonds is 2. The standard InChI is InChI=1S/C14H13N3O4/c1-21-14(20)9-6-12(19)17(7-9)10-4-2-8-3-5-11(18)16-13(8)15-10/h2-5,9H,6-7H2,1H3,(H,15,16,18). The summed E-state index contributed by atoms with van der Waals surface area (Å²) in [4.78, 5) is 43.2. The molecule has 1 saturated heterocycles. The summed E-state index contributed by atoms with van der Waals surface area (Å²) in [6, 6.07) is 6.54. The summed E-state index contributed by atoms with van der Waals surface area (Å²) in [7, 11) is 1.30. The van der Waals surface area contributed by atoms with Crippen molar-refractivity contribution >= 4 is 28.7 Å². The van der Waals surface area contributed by atoms with E-state index in [4.69, 9.17) is 0 Å². The minimum absolute atomic E-state index is 0.109. The molecule has 0 bridgehead atoms. The Morgan fingerprint density at radius 2 is 2.10 bits per heavy atom. The minimum Gasteiger partial charge on any atom is -0.469 e. The van der Waals surface area contributed by atoms with Gasteiger partial charge < -0.3 is 9.72 Å². The Morgan fingerprint density at radius 3 is 2.86 bits per heavy atom. The zero-order chi connectivity index (χ0) is 15.0. The number of carbonyl (C=O) groups is 2. The van der Waals surface area contributed by atoms with E-state index in [0.717, 1.165) is 5.39 Å². The second-order valence-electron chi connectivity index (χ2n) is 4.86. The van der Waals surface area contributed by atoms with Crippen molar-refractivity contribution in [2.24, 2.45) is 5.92 Å². The van der Waals surface area contributed by atoms with Crippen molar-refractivity contribution in [1.29, 1.82) is 0 Å². The summed E-state index contributed by atoms with van der Waals surface area (Å²) < 4.78 is 4.67. The number of nitrogens with one attached hydrogen (secondary N) is 1. The Labute approximate surface area is 119 Å². The number of H-pyrrole nitrogens is 1. The number of ether oxygens (including phenoxy) is 1. The highest BCUT2D eigenvalue weighted by molar-refractivity contribution is 5.99. The molecule has 1 atom stereocenters. The van der Waals surface area contributed by atoms with E-state index in [1.54, 1.807) is 18.2 Å². The van der Waals surface area contributed by atoms with Gasteiger partial charge in [0.05, 0.1) is 13.0 Å². The van der Waals surface area contributed by atoms with Gasteiger partial charge in [0.15, 0.2) is 0 Å². The second kappa shape index (κ2) is 5.01. The molecule has 0 saturated carbocycles. The normalized spacial score (nSPS) is 18.2. The highest BCUT2D eigenvalue weighted by Crippen LogP contribution is 2.25. The fourth-order valence-corrected chi connectivity index (χ4v) is 2.42. The molecule has 7 nitrogen and oxygen atoms in total. The molecular formula is C14H13N3O4. The van der Waals surface area contributed by atoms with Gasteiger partial charge >= 0.3 is 5.97 Å². The molecule has 1 aliphatic rings. The van der Waals surface area contributed by atoms with E-state index in [9.17, 15) is 14.4 Å². The number of amides is 1. The Bertz CT molecular complexity index is 783. The first-order chi connectivity index (χ1) is 10.1. The highest BCUT2D eigenvalue weighted by atomic mass is 16.5. The van der Waals surface area contributed by atoms with Crippen LogP contribution in [0.15, 0.2) is 29.1 Å². The van der Waals surface area contributed by atoms with Crippen LogP contribution in [0.3, 0.4) is 0 Å². The van der Waals surface area contributed by atoms with E-state index in [1.165, 1.54) is 18.1 Å². The molecule has 3 rings (SSSR count). The third-order valence-electron chi connectivity index (χ3n) is 3.50. The molecule has 2 aromatic rings. The summed E-state index contributed by atoms with van der Waals surface area (Å²) in [5.41, 5.74) is 0.154. The van der Waals surface area contributed by atoms with Gasteiger partial charge in [0.2, 0.25) is 11.5 Å². The molecule has 3 heterocycles. The number of aromatic nitrogens is 2. The summed E-state index contributed by atoms with van der Waals surface area (Å²) in [5.74, 6) is -0.647. The van der Waals surface area contributed by atoms with Gasteiger partial charge in [-0.05, 0) is 18.2 Å². The lowest BCUT2D eigenvalue weighted by molar-refractivity contribution is -0.145. The van der Waals surface area contributed by atoms with Gasteiger partial charge in [-0.15, -0.1) is 0 Å². The van der Waals surface area contributed by atoms with Gasteiger partial charge in [0.25, 0.3) is 0 Å². The number of pyridine rings is 2. The monoisotopic (exact) mass is 287 g/mol. The maximum atomic E-state index is 12.0. The van der Waals surface area contributed by atoms with Crippen LogP contribution in [-0.4, -0.2) is 35.5 Å². The van der Waals surface area contributed by atoms with Crippen LogP contribution >= 0.6 is 0 Å². The van der Waals surface area contributed by atoms with Crippen LogP contribution in [0.4, 0.5) is 5.82 Å². The fraction of sp³-hybridized carbons (Fsp3) is 0.286. The van der Waals surface area contributed by atoms with Crippen LogP contribution in [0.25, 0.3) is 11.0 Å². The maximum absolute atomic E-state index is 12.0. The Balaban J connectivity index is 1.95. The van der Waals surface area contributed by atoms with Crippen LogP contribution in [0.1, 0.15) is 6.42 Å². The van der Waals surface area contributed by atoms with E-state index >= 15 is 0 Å².